The molecule has 0 unspecified atom stereocenters. The largest absolute Gasteiger partial charge is 0.493 e. The maximum atomic E-state index is 12.8. The summed E-state index contributed by atoms with van der Waals surface area (Å²) in [5, 5.41) is 2.66. The molecule has 3 rings (SSSR count). The quantitative estimate of drug-likeness (QED) is 0.713. The number of nitrogens with one attached hydrogen (secondary N) is 2. The van der Waals surface area contributed by atoms with E-state index < -0.39 is 16.1 Å². The fourth-order valence-corrected chi connectivity index (χ4v) is 4.36. The molecule has 2 N–H and O–H groups in total. The predicted octanol–water partition coefficient (Wildman–Crippen LogP) is 2.33. The number of methoxy groups -OCH3 is 2. The number of fused-ring (bicyclic) bond motifs is 1. The predicted molar refractivity (Wildman–Crippen MR) is 108 cm³/mol. The molecule has 0 saturated carbocycles. The third-order valence-electron chi connectivity index (χ3n) is 4.54. The van der Waals surface area contributed by atoms with Gasteiger partial charge in [-0.1, -0.05) is 6.07 Å². The summed E-state index contributed by atoms with van der Waals surface area (Å²) in [5.74, 6) is 1.31. The standard InChI is InChI=1S/C20H24N2O6S/c1-12(9-14-5-7-18(26-3)19(10-14)27-4)22-29(24,25)15-6-8-17-16(11-15)21-20(23)13(2)28-17/h5-8,10-13,22H,9H2,1-4H3,(H,21,23)/t12-,13-/m1/s1. The van der Waals surface area contributed by atoms with Crippen LogP contribution in [-0.4, -0.2) is 40.7 Å². The van der Waals surface area contributed by atoms with Crippen LogP contribution in [0.1, 0.15) is 19.4 Å². The Bertz CT molecular complexity index is 1020. The molecule has 1 heterocycles. The van der Waals surface area contributed by atoms with Crippen LogP contribution >= 0.6 is 0 Å². The molecule has 0 aliphatic carbocycles. The molecule has 1 aliphatic heterocycles. The van der Waals surface area contributed by atoms with Gasteiger partial charge in [-0.2, -0.15) is 0 Å². The maximum Gasteiger partial charge on any atom is 0.265 e. The first-order valence-corrected chi connectivity index (χ1v) is 10.6. The molecule has 2 aromatic rings. The molecule has 1 amide bonds. The molecule has 0 aromatic heterocycles. The van der Waals surface area contributed by atoms with E-state index in [1.54, 1.807) is 40.2 Å². The van der Waals surface area contributed by atoms with Crippen molar-refractivity contribution in [3.05, 3.63) is 42.0 Å². The summed E-state index contributed by atoms with van der Waals surface area (Å²) < 4.78 is 44.2. The number of carbonyl (C=O) groups is 1. The third-order valence-corrected chi connectivity index (χ3v) is 6.13. The van der Waals surface area contributed by atoms with E-state index in [-0.39, 0.29) is 16.8 Å². The number of amides is 1. The lowest BCUT2D eigenvalue weighted by Gasteiger charge is -2.24. The van der Waals surface area contributed by atoms with Gasteiger partial charge in [-0.25, -0.2) is 13.1 Å². The number of sulfonamides is 1. The molecule has 156 valence electrons. The number of hydrogen-bond acceptors (Lipinski definition) is 6. The zero-order valence-corrected chi connectivity index (χ0v) is 17.5. The van der Waals surface area contributed by atoms with E-state index in [0.29, 0.717) is 29.4 Å². The summed E-state index contributed by atoms with van der Waals surface area (Å²) in [6.45, 7) is 3.40. The van der Waals surface area contributed by atoms with Crippen molar-refractivity contribution in [2.45, 2.75) is 37.3 Å². The van der Waals surface area contributed by atoms with Crippen molar-refractivity contribution in [3.8, 4) is 17.2 Å². The second kappa shape index (κ2) is 8.30. The molecule has 1 aliphatic rings. The van der Waals surface area contributed by atoms with Crippen molar-refractivity contribution in [2.75, 3.05) is 19.5 Å². The normalized spacial score (nSPS) is 17.0. The number of hydrogen-bond donors (Lipinski definition) is 2. The van der Waals surface area contributed by atoms with Crippen LogP contribution in [0.4, 0.5) is 5.69 Å². The Morgan fingerprint density at radius 1 is 1.14 bits per heavy atom. The molecule has 8 nitrogen and oxygen atoms in total. The molecule has 0 radical (unpaired) electrons. The molecule has 9 heteroatoms. The van der Waals surface area contributed by atoms with E-state index in [9.17, 15) is 13.2 Å². The van der Waals surface area contributed by atoms with Crippen LogP contribution < -0.4 is 24.2 Å². The summed E-state index contributed by atoms with van der Waals surface area (Å²) >= 11 is 0. The fraction of sp³-hybridized carbons (Fsp3) is 0.350. The van der Waals surface area contributed by atoms with Gasteiger partial charge in [0.15, 0.2) is 17.6 Å². The highest BCUT2D eigenvalue weighted by Gasteiger charge is 2.26. The van der Waals surface area contributed by atoms with Gasteiger partial charge in [0, 0.05) is 6.04 Å². The van der Waals surface area contributed by atoms with E-state index in [4.69, 9.17) is 14.2 Å². The van der Waals surface area contributed by atoms with Crippen LogP contribution in [0.2, 0.25) is 0 Å². The average molecular weight is 420 g/mol. The number of anilines is 1. The first-order valence-electron chi connectivity index (χ1n) is 9.08. The first kappa shape index (κ1) is 20.9. The lowest BCUT2D eigenvalue weighted by molar-refractivity contribution is -0.122. The Hall–Kier alpha value is -2.78. The smallest absolute Gasteiger partial charge is 0.265 e. The van der Waals surface area contributed by atoms with Crippen molar-refractivity contribution in [1.29, 1.82) is 0 Å². The SMILES string of the molecule is COc1ccc(C[C@@H](C)NS(=O)(=O)c2ccc3c(c2)NC(=O)[C@@H](C)O3)cc1OC. The van der Waals surface area contributed by atoms with E-state index >= 15 is 0 Å². The van der Waals surface area contributed by atoms with Crippen molar-refractivity contribution in [2.24, 2.45) is 0 Å². The van der Waals surface area contributed by atoms with Gasteiger partial charge in [0.2, 0.25) is 10.0 Å². The zero-order chi connectivity index (χ0) is 21.2. The van der Waals surface area contributed by atoms with E-state index in [1.165, 1.54) is 12.1 Å². The Labute approximate surface area is 170 Å². The summed E-state index contributed by atoms with van der Waals surface area (Å²) in [7, 11) is -0.680. The second-order valence-corrected chi connectivity index (χ2v) is 8.54. The van der Waals surface area contributed by atoms with E-state index in [1.807, 2.05) is 12.1 Å². The van der Waals surface area contributed by atoms with E-state index in [2.05, 4.69) is 10.0 Å². The van der Waals surface area contributed by atoms with Crippen molar-refractivity contribution in [3.63, 3.8) is 0 Å². The molecule has 29 heavy (non-hydrogen) atoms. The number of ether oxygens (including phenoxy) is 3. The van der Waals surface area contributed by atoms with Gasteiger partial charge in [0.05, 0.1) is 24.8 Å². The molecule has 0 fully saturated rings. The van der Waals surface area contributed by atoms with E-state index in [0.717, 1.165) is 5.56 Å². The Morgan fingerprint density at radius 2 is 1.86 bits per heavy atom. The lowest BCUT2D eigenvalue weighted by Crippen LogP contribution is -2.35. The van der Waals surface area contributed by atoms with Gasteiger partial charge in [-0.3, -0.25) is 4.79 Å². The summed E-state index contributed by atoms with van der Waals surface area (Å²) in [6, 6.07) is 9.47. The van der Waals surface area contributed by atoms with Gasteiger partial charge in [-0.15, -0.1) is 0 Å². The van der Waals surface area contributed by atoms with Crippen molar-refractivity contribution in [1.82, 2.24) is 4.72 Å². The highest BCUT2D eigenvalue weighted by Crippen LogP contribution is 2.32. The lowest BCUT2D eigenvalue weighted by atomic mass is 10.1. The summed E-state index contributed by atoms with van der Waals surface area (Å²) in [5.41, 5.74) is 1.24. The third kappa shape index (κ3) is 4.63. The van der Waals surface area contributed by atoms with Gasteiger partial charge < -0.3 is 19.5 Å². The van der Waals surface area contributed by atoms with Gasteiger partial charge in [-0.05, 0) is 56.2 Å². The van der Waals surface area contributed by atoms with Crippen LogP contribution in [-0.2, 0) is 21.2 Å². The van der Waals surface area contributed by atoms with Crippen LogP contribution in [0.15, 0.2) is 41.3 Å². The van der Waals surface area contributed by atoms with Crippen LogP contribution in [0, 0.1) is 0 Å². The van der Waals surface area contributed by atoms with Crippen LogP contribution in [0.5, 0.6) is 17.2 Å². The topological polar surface area (TPSA) is 103 Å². The summed E-state index contributed by atoms with van der Waals surface area (Å²) in [4.78, 5) is 11.8. The average Bonchev–Trinajstić information content (AvgIpc) is 2.67. The number of carbonyl (C=O) groups excluding carboxylic acids is 1. The molecule has 2 aromatic carbocycles. The molecule has 0 spiro atoms. The first-order chi connectivity index (χ1) is 13.7. The second-order valence-electron chi connectivity index (χ2n) is 6.82. The molecule has 0 saturated heterocycles. The minimum absolute atomic E-state index is 0.0499. The Balaban J connectivity index is 1.74. The maximum absolute atomic E-state index is 12.8. The molecule has 2 atom stereocenters. The monoisotopic (exact) mass is 420 g/mol. The summed E-state index contributed by atoms with van der Waals surface area (Å²) in [6.07, 6.45) is -0.161. The highest BCUT2D eigenvalue weighted by molar-refractivity contribution is 7.89. The molecular formula is C20H24N2O6S. The zero-order valence-electron chi connectivity index (χ0n) is 16.7. The number of benzene rings is 2. The minimum Gasteiger partial charge on any atom is -0.493 e. The minimum atomic E-state index is -3.79. The van der Waals surface area contributed by atoms with Crippen LogP contribution in [0.3, 0.4) is 0 Å². The Morgan fingerprint density at radius 3 is 2.55 bits per heavy atom. The highest BCUT2D eigenvalue weighted by atomic mass is 32.2. The fourth-order valence-electron chi connectivity index (χ4n) is 3.09. The number of rotatable bonds is 7. The van der Waals surface area contributed by atoms with Gasteiger partial charge in [0.1, 0.15) is 5.75 Å². The molecular weight excluding hydrogens is 396 g/mol. The van der Waals surface area contributed by atoms with Gasteiger partial charge >= 0.3 is 0 Å². The van der Waals surface area contributed by atoms with Crippen molar-refractivity contribution < 1.29 is 27.4 Å². The van der Waals surface area contributed by atoms with Crippen LogP contribution in [0.25, 0.3) is 0 Å². The molecule has 0 bridgehead atoms. The Kier molecular flexibility index (Phi) is 5.99. The van der Waals surface area contributed by atoms with Crippen molar-refractivity contribution >= 4 is 21.6 Å². The van der Waals surface area contributed by atoms with Gasteiger partial charge in [0.25, 0.3) is 5.91 Å².